The Bertz CT molecular complexity index is 1140. The summed E-state index contributed by atoms with van der Waals surface area (Å²) in [7, 11) is 0. The van der Waals surface area contributed by atoms with Crippen LogP contribution in [0.25, 0.3) is 0 Å². The Kier molecular flexibility index (Phi) is 5.25. The fraction of sp³-hybridized carbons (Fsp3) is 0.769. The number of ether oxygens (including phenoxy) is 5. The first-order valence-corrected chi connectivity index (χ1v) is 13.1. The lowest BCUT2D eigenvalue weighted by molar-refractivity contribution is -0.365. The number of rotatable bonds is 4. The van der Waals surface area contributed by atoms with Gasteiger partial charge in [0.15, 0.2) is 6.29 Å². The maximum Gasteiger partial charge on any atom is 0.342 e. The van der Waals surface area contributed by atoms with Gasteiger partial charge in [0.25, 0.3) is 0 Å². The lowest BCUT2D eigenvalue weighted by atomic mass is 9.41. The quantitative estimate of drug-likeness (QED) is 0.289. The molecule has 7 fully saturated rings. The molecule has 14 atom stereocenters. The molecule has 2 aliphatic carbocycles. The molecule has 2 bridgehead atoms. The predicted molar refractivity (Wildman–Crippen MR) is 121 cm³/mol. The first-order valence-electron chi connectivity index (χ1n) is 13.1. The van der Waals surface area contributed by atoms with Crippen LogP contribution in [0.5, 0.6) is 0 Å². The van der Waals surface area contributed by atoms with Crippen LogP contribution < -0.4 is 0 Å². The zero-order valence-corrected chi connectivity index (χ0v) is 21.0. The second-order valence-electron chi connectivity index (χ2n) is 12.1. The summed E-state index contributed by atoms with van der Waals surface area (Å²) in [5.74, 6) is -1.74. The molecule has 38 heavy (non-hydrogen) atoms. The standard InChI is InChI=1S/C26H32O12/c1-24-7-12(10-4-6-33-9-10)34-21(31)11(24)3-5-25(2)19(24)17-18-20(36-18)26(25,23(32)37-17)38-22-16(30)15(29)14(28)13(8-27)35-22/h4,6,9,11-20,22,27-30H,3,5,7-8H2,1-2H3/t11-,12+,13-,14-,15-,16-,17+,18+,19+,20+,22+,24-,25-,26-/m1/s1. The third kappa shape index (κ3) is 2.94. The number of furan rings is 1. The number of fused-ring (bicyclic) bond motifs is 2. The second kappa shape index (κ2) is 8.00. The number of carbonyl (C=O) groups is 2. The van der Waals surface area contributed by atoms with E-state index in [2.05, 4.69) is 0 Å². The molecule has 0 aromatic carbocycles. The van der Waals surface area contributed by atoms with E-state index in [1.807, 2.05) is 13.8 Å². The van der Waals surface area contributed by atoms with Crippen LogP contribution in [0.2, 0.25) is 0 Å². The second-order valence-corrected chi connectivity index (χ2v) is 12.1. The van der Waals surface area contributed by atoms with Crippen LogP contribution in [0, 0.1) is 22.7 Å². The van der Waals surface area contributed by atoms with Gasteiger partial charge in [0.05, 0.1) is 25.1 Å². The van der Waals surface area contributed by atoms with Crippen LogP contribution in [0.15, 0.2) is 23.0 Å². The van der Waals surface area contributed by atoms with E-state index in [4.69, 9.17) is 28.1 Å². The average Bonchev–Trinajstić information content (AvgIpc) is 3.51. The molecule has 1 aromatic heterocycles. The van der Waals surface area contributed by atoms with Gasteiger partial charge >= 0.3 is 11.9 Å². The van der Waals surface area contributed by atoms with Gasteiger partial charge < -0.3 is 48.5 Å². The fourth-order valence-corrected chi connectivity index (χ4v) is 8.50. The smallest absolute Gasteiger partial charge is 0.342 e. The molecule has 12 nitrogen and oxygen atoms in total. The number of esters is 2. The zero-order chi connectivity index (χ0) is 26.8. The summed E-state index contributed by atoms with van der Waals surface area (Å²) in [6.07, 6.45) is -5.53. The molecule has 6 heterocycles. The summed E-state index contributed by atoms with van der Waals surface area (Å²) >= 11 is 0. The molecule has 1 aromatic rings. The molecule has 4 N–H and O–H groups in total. The summed E-state index contributed by atoms with van der Waals surface area (Å²) in [5.41, 5.74) is -2.51. The maximum absolute atomic E-state index is 13.7. The molecule has 0 amide bonds. The van der Waals surface area contributed by atoms with Gasteiger partial charge in [0, 0.05) is 16.9 Å². The van der Waals surface area contributed by atoms with Crippen LogP contribution in [-0.2, 0) is 33.3 Å². The topological polar surface area (TPSA) is 178 Å². The van der Waals surface area contributed by atoms with Gasteiger partial charge in [-0.3, -0.25) is 4.79 Å². The maximum atomic E-state index is 13.7. The van der Waals surface area contributed by atoms with E-state index in [9.17, 15) is 30.0 Å². The molecule has 0 unspecified atom stereocenters. The van der Waals surface area contributed by atoms with Crippen molar-refractivity contribution in [1.82, 2.24) is 0 Å². The van der Waals surface area contributed by atoms with E-state index in [1.54, 1.807) is 12.3 Å². The van der Waals surface area contributed by atoms with E-state index in [1.165, 1.54) is 6.26 Å². The molecule has 5 saturated heterocycles. The Morgan fingerprint density at radius 1 is 1.05 bits per heavy atom. The Hall–Kier alpha value is -2.06. The fourth-order valence-electron chi connectivity index (χ4n) is 8.50. The molecule has 12 heteroatoms. The normalized spacial score (nSPS) is 54.8. The first kappa shape index (κ1) is 24.9. The summed E-state index contributed by atoms with van der Waals surface area (Å²) in [5, 5.41) is 41.0. The Balaban J connectivity index is 1.29. The van der Waals surface area contributed by atoms with Crippen LogP contribution in [0.1, 0.15) is 44.8 Å². The van der Waals surface area contributed by atoms with Gasteiger partial charge in [-0.05, 0) is 30.7 Å². The van der Waals surface area contributed by atoms with E-state index < -0.39 is 90.0 Å². The number of hydrogen-bond donors (Lipinski definition) is 4. The van der Waals surface area contributed by atoms with Crippen molar-refractivity contribution in [2.75, 3.05) is 6.61 Å². The number of aliphatic hydroxyl groups is 4. The lowest BCUT2D eigenvalue weighted by Gasteiger charge is -2.67. The first-order chi connectivity index (χ1) is 18.1. The molecular weight excluding hydrogens is 504 g/mol. The van der Waals surface area contributed by atoms with Crippen molar-refractivity contribution in [2.45, 2.75) is 93.8 Å². The van der Waals surface area contributed by atoms with Crippen LogP contribution >= 0.6 is 0 Å². The van der Waals surface area contributed by atoms with E-state index in [-0.39, 0.29) is 11.9 Å². The molecule has 0 radical (unpaired) electrons. The Morgan fingerprint density at radius 2 is 1.84 bits per heavy atom. The third-order valence-corrected chi connectivity index (χ3v) is 10.4. The average molecular weight is 537 g/mol. The van der Waals surface area contributed by atoms with Crippen molar-refractivity contribution < 1.29 is 58.1 Å². The van der Waals surface area contributed by atoms with Crippen LogP contribution in [0.4, 0.5) is 0 Å². The van der Waals surface area contributed by atoms with Crippen molar-refractivity contribution >= 4 is 11.9 Å². The van der Waals surface area contributed by atoms with Gasteiger partial charge in [0.1, 0.15) is 48.8 Å². The molecule has 2 saturated carbocycles. The predicted octanol–water partition coefficient (Wildman–Crippen LogP) is -0.432. The summed E-state index contributed by atoms with van der Waals surface area (Å²) in [6, 6.07) is 1.76. The number of hydrogen-bond acceptors (Lipinski definition) is 12. The van der Waals surface area contributed by atoms with E-state index in [0.717, 1.165) is 5.56 Å². The number of cyclic esters (lactones) is 1. The highest BCUT2D eigenvalue weighted by Gasteiger charge is 2.86. The van der Waals surface area contributed by atoms with Crippen LogP contribution in [-0.4, -0.2) is 93.6 Å². The Morgan fingerprint density at radius 3 is 2.55 bits per heavy atom. The zero-order valence-electron chi connectivity index (χ0n) is 21.0. The van der Waals surface area contributed by atoms with Gasteiger partial charge in [-0.2, -0.15) is 0 Å². The van der Waals surface area contributed by atoms with E-state index in [0.29, 0.717) is 19.3 Å². The minimum Gasteiger partial charge on any atom is -0.472 e. The minimum absolute atomic E-state index is 0.308. The van der Waals surface area contributed by atoms with Gasteiger partial charge in [0.2, 0.25) is 5.60 Å². The van der Waals surface area contributed by atoms with E-state index >= 15 is 0 Å². The molecule has 7 aliphatic rings. The molecule has 8 rings (SSSR count). The number of carbonyl (C=O) groups excluding carboxylic acids is 2. The largest absolute Gasteiger partial charge is 0.472 e. The summed E-state index contributed by atoms with van der Waals surface area (Å²) in [4.78, 5) is 27.0. The highest BCUT2D eigenvalue weighted by Crippen LogP contribution is 2.73. The highest BCUT2D eigenvalue weighted by molar-refractivity contribution is 5.86. The third-order valence-electron chi connectivity index (χ3n) is 10.4. The van der Waals surface area contributed by atoms with Crippen molar-refractivity contribution in [3.8, 4) is 0 Å². The van der Waals surface area contributed by atoms with Crippen molar-refractivity contribution in [2.24, 2.45) is 22.7 Å². The van der Waals surface area contributed by atoms with Gasteiger partial charge in [-0.25, -0.2) is 4.79 Å². The monoisotopic (exact) mass is 536 g/mol. The number of aliphatic hydroxyl groups excluding tert-OH is 4. The van der Waals surface area contributed by atoms with Crippen molar-refractivity contribution in [3.63, 3.8) is 0 Å². The number of epoxide rings is 1. The summed E-state index contributed by atoms with van der Waals surface area (Å²) in [6.45, 7) is 3.33. The lowest BCUT2D eigenvalue weighted by Crippen LogP contribution is -2.79. The van der Waals surface area contributed by atoms with Crippen LogP contribution in [0.3, 0.4) is 0 Å². The SMILES string of the molecule is C[C@@]12C[C@@H](c3ccoc3)OC(=O)[C@H]1CC[C@]1(C)[C@H]2[C@H]2OC(=O)[C@]1(O[C@@H]1O[C@H](CO)[C@@H](O)[C@@H](O)[C@H]1O)[C@H]1O[C@@H]21. The highest BCUT2D eigenvalue weighted by atomic mass is 16.8. The summed E-state index contributed by atoms with van der Waals surface area (Å²) < 4.78 is 35.1. The molecule has 5 aliphatic heterocycles. The molecular formula is C26H32O12. The minimum atomic E-state index is -1.70. The molecule has 0 spiro atoms. The van der Waals surface area contributed by atoms with Crippen molar-refractivity contribution in [3.05, 3.63) is 24.2 Å². The molecule has 208 valence electrons. The van der Waals surface area contributed by atoms with Gasteiger partial charge in [-0.15, -0.1) is 0 Å². The van der Waals surface area contributed by atoms with Gasteiger partial charge in [-0.1, -0.05) is 13.8 Å². The van der Waals surface area contributed by atoms with Crippen molar-refractivity contribution in [1.29, 1.82) is 0 Å². The Labute approximate surface area is 217 Å².